The summed E-state index contributed by atoms with van der Waals surface area (Å²) >= 11 is 8.38. The van der Waals surface area contributed by atoms with Crippen molar-refractivity contribution in [1.82, 2.24) is 24.2 Å². The molecule has 0 bridgehead atoms. The van der Waals surface area contributed by atoms with E-state index in [9.17, 15) is 26.4 Å². The summed E-state index contributed by atoms with van der Waals surface area (Å²) < 4.78 is 56.5. The van der Waals surface area contributed by atoms with Gasteiger partial charge < -0.3 is 10.2 Å². The number of benzene rings is 1. The van der Waals surface area contributed by atoms with Crippen molar-refractivity contribution in [1.29, 1.82) is 0 Å². The summed E-state index contributed by atoms with van der Waals surface area (Å²) in [7, 11) is -8.15. The average molecular weight is 632 g/mol. The zero-order chi connectivity index (χ0) is 28.1. The van der Waals surface area contributed by atoms with Gasteiger partial charge in [-0.05, 0) is 30.5 Å². The number of aromatic nitrogens is 1. The van der Waals surface area contributed by atoms with E-state index in [2.05, 4.69) is 10.3 Å². The Morgan fingerprint density at radius 2 is 1.95 bits per heavy atom. The molecule has 16 heteroatoms. The van der Waals surface area contributed by atoms with E-state index in [-0.39, 0.29) is 34.9 Å². The Bertz CT molecular complexity index is 1670. The molecular weight excluding hydrogens is 606 g/mol. The molecule has 2 aliphatic heterocycles. The number of carbonyl (C=O) groups is 2. The van der Waals surface area contributed by atoms with Crippen molar-refractivity contribution in [2.45, 2.75) is 43.1 Å². The average Bonchev–Trinajstić information content (AvgIpc) is 3.46. The molecule has 2 aromatic heterocycles. The maximum Gasteiger partial charge on any atom is 0.283 e. The minimum absolute atomic E-state index is 0.0244. The number of hydrogen-bond donors (Lipinski definition) is 2. The summed E-state index contributed by atoms with van der Waals surface area (Å²) in [6, 6.07) is 5.83. The number of nitrogens with one attached hydrogen (secondary N) is 2. The van der Waals surface area contributed by atoms with E-state index in [4.69, 9.17) is 11.6 Å². The van der Waals surface area contributed by atoms with E-state index in [0.29, 0.717) is 22.7 Å². The van der Waals surface area contributed by atoms with Gasteiger partial charge in [0.1, 0.15) is 4.21 Å². The second kappa shape index (κ2) is 10.7. The molecule has 39 heavy (non-hydrogen) atoms. The highest BCUT2D eigenvalue weighted by Crippen LogP contribution is 2.34. The zero-order valence-electron chi connectivity index (χ0n) is 21.0. The number of hydrogen-bond acceptors (Lipinski definition) is 10. The Hall–Kier alpha value is -2.14. The van der Waals surface area contributed by atoms with Crippen LogP contribution in [0.5, 0.6) is 0 Å². The van der Waals surface area contributed by atoms with Crippen LogP contribution in [0.15, 0.2) is 28.5 Å². The molecule has 2 unspecified atom stereocenters. The van der Waals surface area contributed by atoms with Crippen molar-refractivity contribution in [3.05, 3.63) is 44.9 Å². The first-order valence-corrected chi connectivity index (χ1v) is 17.2. The smallest absolute Gasteiger partial charge is 0.283 e. The number of thiophene rings is 1. The normalized spacial score (nSPS) is 20.6. The minimum atomic E-state index is -4.15. The van der Waals surface area contributed by atoms with E-state index < -0.39 is 43.7 Å². The molecule has 11 nitrogen and oxygen atoms in total. The maximum absolute atomic E-state index is 13.6. The van der Waals surface area contributed by atoms with Crippen molar-refractivity contribution in [2.75, 3.05) is 25.4 Å². The van der Waals surface area contributed by atoms with Crippen LogP contribution < -0.4 is 10.0 Å². The molecule has 0 saturated carbocycles. The summed E-state index contributed by atoms with van der Waals surface area (Å²) in [6.45, 7) is 3.37. The number of rotatable bonds is 6. The summed E-state index contributed by atoms with van der Waals surface area (Å²) in [4.78, 5) is 31.9. The first kappa shape index (κ1) is 28.4. The summed E-state index contributed by atoms with van der Waals surface area (Å²) in [5.74, 6) is -1.87. The number of sulfonamides is 2. The molecule has 4 heterocycles. The third kappa shape index (κ3) is 5.99. The molecule has 1 fully saturated rings. The van der Waals surface area contributed by atoms with Crippen LogP contribution in [0.1, 0.15) is 34.2 Å². The second-order valence-corrected chi connectivity index (χ2v) is 16.1. The first-order chi connectivity index (χ1) is 18.3. The molecule has 0 aliphatic carbocycles. The third-order valence-electron chi connectivity index (χ3n) is 6.54. The lowest BCUT2D eigenvalue weighted by molar-refractivity contribution is -0.117. The summed E-state index contributed by atoms with van der Waals surface area (Å²) in [5.41, 5.74) is 0.836. The molecule has 0 radical (unpaired) electrons. The van der Waals surface area contributed by atoms with Crippen LogP contribution in [0.4, 0.5) is 0 Å². The van der Waals surface area contributed by atoms with Crippen LogP contribution in [0.3, 0.4) is 0 Å². The number of thiazole rings is 1. The highest BCUT2D eigenvalue weighted by molar-refractivity contribution is 7.91. The molecule has 2 amide bonds. The number of fused-ring (bicyclic) bond motifs is 2. The third-order valence-corrected chi connectivity index (χ3v) is 12.7. The largest absolute Gasteiger partial charge is 0.330 e. The number of halogens is 1. The molecule has 2 N–H and O–H groups in total. The molecule has 1 aromatic carbocycles. The minimum Gasteiger partial charge on any atom is -0.330 e. The second-order valence-electron chi connectivity index (χ2n) is 9.58. The quantitative estimate of drug-likeness (QED) is 0.420. The van der Waals surface area contributed by atoms with Gasteiger partial charge in [0, 0.05) is 60.2 Å². The number of amides is 2. The van der Waals surface area contributed by atoms with Crippen LogP contribution in [-0.2, 0) is 37.8 Å². The van der Waals surface area contributed by atoms with E-state index in [1.54, 1.807) is 24.3 Å². The van der Waals surface area contributed by atoms with E-state index in [1.165, 1.54) is 20.5 Å². The molecular formula is C23H26ClN5O6S4. The maximum atomic E-state index is 13.6. The molecule has 210 valence electrons. The van der Waals surface area contributed by atoms with Gasteiger partial charge in [0.15, 0.2) is 5.01 Å². The van der Waals surface area contributed by atoms with Crippen molar-refractivity contribution in [3.8, 4) is 0 Å². The fourth-order valence-electron chi connectivity index (χ4n) is 4.73. The van der Waals surface area contributed by atoms with Crippen LogP contribution in [0.2, 0.25) is 5.02 Å². The Balaban J connectivity index is 1.44. The number of nitrogens with zero attached hydrogens (tertiary/aromatic N) is 3. The zero-order valence-corrected chi connectivity index (χ0v) is 25.0. The van der Waals surface area contributed by atoms with Gasteiger partial charge >= 0.3 is 0 Å². The Kier molecular flexibility index (Phi) is 7.78. The molecule has 2 atom stereocenters. The molecule has 2 aliphatic rings. The topological polar surface area (TPSA) is 146 Å². The van der Waals surface area contributed by atoms with Crippen molar-refractivity contribution < 1.29 is 26.4 Å². The van der Waals surface area contributed by atoms with Gasteiger partial charge in [0.25, 0.3) is 15.9 Å². The van der Waals surface area contributed by atoms with Gasteiger partial charge in [-0.3, -0.25) is 14.3 Å². The van der Waals surface area contributed by atoms with E-state index in [1.807, 2.05) is 11.6 Å². The van der Waals surface area contributed by atoms with Crippen LogP contribution in [0, 0.1) is 0 Å². The first-order valence-electron chi connectivity index (χ1n) is 12.1. The predicted molar refractivity (Wildman–Crippen MR) is 150 cm³/mol. The number of carbonyl (C=O) groups excluding carboxylic acids is 2. The number of piperazine rings is 1. The Morgan fingerprint density at radius 3 is 2.69 bits per heavy atom. The summed E-state index contributed by atoms with van der Waals surface area (Å²) in [5, 5.41) is 4.76. The molecule has 5 rings (SSSR count). The van der Waals surface area contributed by atoms with Crippen molar-refractivity contribution in [2.24, 2.45) is 0 Å². The fourth-order valence-corrected chi connectivity index (χ4v) is 10.3. The van der Waals surface area contributed by atoms with Gasteiger partial charge in [0.2, 0.25) is 15.9 Å². The Labute approximate surface area is 239 Å². The van der Waals surface area contributed by atoms with Crippen LogP contribution in [0.25, 0.3) is 10.1 Å². The highest BCUT2D eigenvalue weighted by atomic mass is 35.5. The van der Waals surface area contributed by atoms with Crippen LogP contribution >= 0.6 is 34.3 Å². The Morgan fingerprint density at radius 1 is 1.18 bits per heavy atom. The van der Waals surface area contributed by atoms with Gasteiger partial charge in [-0.1, -0.05) is 17.7 Å². The van der Waals surface area contributed by atoms with Gasteiger partial charge in [-0.2, -0.15) is 4.31 Å². The van der Waals surface area contributed by atoms with Gasteiger partial charge in [0.05, 0.1) is 17.5 Å². The predicted octanol–water partition coefficient (Wildman–Crippen LogP) is 2.03. The molecule has 3 aromatic rings. The lowest BCUT2D eigenvalue weighted by atomic mass is 10.1. The summed E-state index contributed by atoms with van der Waals surface area (Å²) in [6.07, 6.45) is 0.672. The van der Waals surface area contributed by atoms with Crippen molar-refractivity contribution >= 4 is 76.2 Å². The molecule has 1 saturated heterocycles. The molecule has 0 spiro atoms. The van der Waals surface area contributed by atoms with Crippen LogP contribution in [-0.4, -0.2) is 80.3 Å². The van der Waals surface area contributed by atoms with Gasteiger partial charge in [-0.15, -0.1) is 22.7 Å². The fraction of sp³-hybridized carbons (Fsp3) is 0.435. The van der Waals surface area contributed by atoms with E-state index >= 15 is 0 Å². The SMILES string of the molecule is CC(=O)NS(=O)(=O)CC1CN(S(=O)(=O)c2cc3ccc(Cl)cc3s2)CCN1C(=O)c1nc2c(s1)CNC(C)C2. The monoisotopic (exact) mass is 631 g/mol. The highest BCUT2D eigenvalue weighted by Gasteiger charge is 2.40. The van der Waals surface area contributed by atoms with Gasteiger partial charge in [-0.25, -0.2) is 21.8 Å². The lowest BCUT2D eigenvalue weighted by Gasteiger charge is -2.40. The standard InChI is InChI=1S/C23H26ClN5O6S4/c1-13-7-18-20(10-25-13)37-22(26-18)23(31)29-6-5-28(11-17(29)12-38(32,33)27-14(2)30)39(34,35)21-8-15-3-4-16(24)9-19(15)36-21/h3-4,8-9,13,17,25H,5-7,10-12H2,1-2H3,(H,27,30). The van der Waals surface area contributed by atoms with E-state index in [0.717, 1.165) is 34.2 Å². The lowest BCUT2D eigenvalue weighted by Crippen LogP contribution is -2.59. The van der Waals surface area contributed by atoms with Crippen molar-refractivity contribution in [3.63, 3.8) is 0 Å².